The average molecular weight is 322 g/mol. The predicted molar refractivity (Wildman–Crippen MR) is 92.4 cm³/mol. The fourth-order valence-electron chi connectivity index (χ4n) is 1.96. The van der Waals surface area contributed by atoms with Crippen LogP contribution in [0.2, 0.25) is 5.02 Å². The van der Waals surface area contributed by atoms with Gasteiger partial charge in [-0.25, -0.2) is 0 Å². The Labute approximate surface area is 135 Å². The molecule has 0 saturated carbocycles. The van der Waals surface area contributed by atoms with Gasteiger partial charge in [0, 0.05) is 36.0 Å². The predicted octanol–water partition coefficient (Wildman–Crippen LogP) is 3.87. The molecule has 0 aliphatic carbocycles. The van der Waals surface area contributed by atoms with Crippen molar-refractivity contribution in [1.82, 2.24) is 10.6 Å². The molecular formula is C16H20ClN3S. The second kappa shape index (κ2) is 8.05. The van der Waals surface area contributed by atoms with Gasteiger partial charge >= 0.3 is 0 Å². The quantitative estimate of drug-likeness (QED) is 0.648. The number of aliphatic imine (C=N–C) groups is 1. The summed E-state index contributed by atoms with van der Waals surface area (Å²) in [5.41, 5.74) is 1.06. The fraction of sp³-hybridized carbons (Fsp3) is 0.312. The minimum absolute atomic E-state index is 0.462. The van der Waals surface area contributed by atoms with E-state index in [9.17, 15) is 0 Å². The van der Waals surface area contributed by atoms with Crippen molar-refractivity contribution in [3.63, 3.8) is 0 Å². The lowest BCUT2D eigenvalue weighted by Crippen LogP contribution is -2.38. The van der Waals surface area contributed by atoms with Crippen LogP contribution >= 0.6 is 22.9 Å². The molecule has 21 heavy (non-hydrogen) atoms. The SMILES string of the molecule is CN=C(NCc1ccccc1Cl)NCC(C)c1cccs1. The summed E-state index contributed by atoms with van der Waals surface area (Å²) in [6.45, 7) is 3.72. The smallest absolute Gasteiger partial charge is 0.191 e. The Hall–Kier alpha value is -1.52. The Bertz CT molecular complexity index is 581. The summed E-state index contributed by atoms with van der Waals surface area (Å²) >= 11 is 7.93. The zero-order chi connectivity index (χ0) is 15.1. The maximum Gasteiger partial charge on any atom is 0.191 e. The maximum absolute atomic E-state index is 6.15. The second-order valence-electron chi connectivity index (χ2n) is 4.81. The molecule has 5 heteroatoms. The van der Waals surface area contributed by atoms with Crippen LogP contribution in [0, 0.1) is 0 Å². The van der Waals surface area contributed by atoms with Crippen molar-refractivity contribution in [2.45, 2.75) is 19.4 Å². The van der Waals surface area contributed by atoms with Gasteiger partial charge < -0.3 is 10.6 Å². The lowest BCUT2D eigenvalue weighted by Gasteiger charge is -2.15. The molecule has 112 valence electrons. The highest BCUT2D eigenvalue weighted by Crippen LogP contribution is 2.19. The summed E-state index contributed by atoms with van der Waals surface area (Å²) in [7, 11) is 1.78. The Balaban J connectivity index is 1.83. The van der Waals surface area contributed by atoms with E-state index in [1.165, 1.54) is 4.88 Å². The first-order valence-electron chi connectivity index (χ1n) is 6.92. The van der Waals surface area contributed by atoms with E-state index in [0.717, 1.165) is 23.1 Å². The first kappa shape index (κ1) is 15.9. The van der Waals surface area contributed by atoms with Crippen LogP contribution in [0.3, 0.4) is 0 Å². The number of rotatable bonds is 5. The van der Waals surface area contributed by atoms with Gasteiger partial charge in [0.25, 0.3) is 0 Å². The van der Waals surface area contributed by atoms with Gasteiger partial charge in [-0.1, -0.05) is 42.8 Å². The van der Waals surface area contributed by atoms with Gasteiger partial charge in [0.15, 0.2) is 5.96 Å². The molecule has 3 nitrogen and oxygen atoms in total. The van der Waals surface area contributed by atoms with Crippen LogP contribution in [0.25, 0.3) is 0 Å². The maximum atomic E-state index is 6.15. The molecule has 2 rings (SSSR count). The van der Waals surface area contributed by atoms with Crippen LogP contribution in [-0.4, -0.2) is 19.6 Å². The lowest BCUT2D eigenvalue weighted by atomic mass is 10.1. The van der Waals surface area contributed by atoms with E-state index < -0.39 is 0 Å². The molecule has 0 amide bonds. The van der Waals surface area contributed by atoms with E-state index in [-0.39, 0.29) is 0 Å². The normalized spacial score (nSPS) is 13.0. The Morgan fingerprint density at radius 2 is 2.05 bits per heavy atom. The summed E-state index contributed by atoms with van der Waals surface area (Å²) < 4.78 is 0. The van der Waals surface area contributed by atoms with Crippen LogP contribution in [0.1, 0.15) is 23.3 Å². The third kappa shape index (κ3) is 4.76. The van der Waals surface area contributed by atoms with Crippen molar-refractivity contribution >= 4 is 28.9 Å². The molecule has 1 atom stereocenters. The van der Waals surface area contributed by atoms with Crippen LogP contribution in [0.4, 0.5) is 0 Å². The largest absolute Gasteiger partial charge is 0.356 e. The molecule has 1 unspecified atom stereocenters. The van der Waals surface area contributed by atoms with E-state index in [2.05, 4.69) is 40.1 Å². The van der Waals surface area contributed by atoms with Gasteiger partial charge in [-0.05, 0) is 23.1 Å². The van der Waals surface area contributed by atoms with Gasteiger partial charge in [0.2, 0.25) is 0 Å². The molecule has 2 aromatic rings. The van der Waals surface area contributed by atoms with Gasteiger partial charge in [-0.2, -0.15) is 0 Å². The van der Waals surface area contributed by atoms with Gasteiger partial charge in [-0.15, -0.1) is 11.3 Å². The number of nitrogens with one attached hydrogen (secondary N) is 2. The Morgan fingerprint density at radius 3 is 2.71 bits per heavy atom. The Kier molecular flexibility index (Phi) is 6.08. The lowest BCUT2D eigenvalue weighted by molar-refractivity contribution is 0.708. The molecule has 0 aliphatic rings. The van der Waals surface area contributed by atoms with Crippen molar-refractivity contribution in [2.75, 3.05) is 13.6 Å². The van der Waals surface area contributed by atoms with E-state index in [1.54, 1.807) is 18.4 Å². The van der Waals surface area contributed by atoms with Crippen molar-refractivity contribution in [3.05, 3.63) is 57.2 Å². The monoisotopic (exact) mass is 321 g/mol. The second-order valence-corrected chi connectivity index (χ2v) is 6.20. The van der Waals surface area contributed by atoms with E-state index in [4.69, 9.17) is 11.6 Å². The molecule has 2 N–H and O–H groups in total. The standard InChI is InChI=1S/C16H20ClN3S/c1-12(15-8-5-9-21-15)10-19-16(18-2)20-11-13-6-3-4-7-14(13)17/h3-9,12H,10-11H2,1-2H3,(H2,18,19,20). The molecule has 0 spiro atoms. The minimum Gasteiger partial charge on any atom is -0.356 e. The number of hydrogen-bond donors (Lipinski definition) is 2. The highest BCUT2D eigenvalue weighted by molar-refractivity contribution is 7.10. The molecule has 1 aromatic carbocycles. The number of halogens is 1. The average Bonchev–Trinajstić information content (AvgIpc) is 3.03. The third-order valence-electron chi connectivity index (χ3n) is 3.23. The number of benzene rings is 1. The van der Waals surface area contributed by atoms with Crippen LogP contribution in [-0.2, 0) is 6.54 Å². The van der Waals surface area contributed by atoms with E-state index in [1.807, 2.05) is 24.3 Å². The number of hydrogen-bond acceptors (Lipinski definition) is 2. The molecule has 1 heterocycles. The van der Waals surface area contributed by atoms with Gasteiger partial charge in [0.1, 0.15) is 0 Å². The van der Waals surface area contributed by atoms with Crippen LogP contribution in [0.15, 0.2) is 46.8 Å². The highest BCUT2D eigenvalue weighted by Gasteiger charge is 2.07. The van der Waals surface area contributed by atoms with Crippen LogP contribution in [0.5, 0.6) is 0 Å². The number of thiophene rings is 1. The van der Waals surface area contributed by atoms with Crippen molar-refractivity contribution in [2.24, 2.45) is 4.99 Å². The summed E-state index contributed by atoms with van der Waals surface area (Å²) in [6.07, 6.45) is 0. The first-order chi connectivity index (χ1) is 10.2. The van der Waals surface area contributed by atoms with E-state index in [0.29, 0.717) is 12.5 Å². The minimum atomic E-state index is 0.462. The topological polar surface area (TPSA) is 36.4 Å². The molecule has 0 saturated heterocycles. The summed E-state index contributed by atoms with van der Waals surface area (Å²) in [5.74, 6) is 1.25. The van der Waals surface area contributed by atoms with Crippen LogP contribution < -0.4 is 10.6 Å². The van der Waals surface area contributed by atoms with Crippen molar-refractivity contribution < 1.29 is 0 Å². The number of guanidine groups is 1. The third-order valence-corrected chi connectivity index (χ3v) is 4.70. The van der Waals surface area contributed by atoms with Gasteiger partial charge in [-0.3, -0.25) is 4.99 Å². The molecule has 0 radical (unpaired) electrons. The fourth-order valence-corrected chi connectivity index (χ4v) is 2.95. The molecule has 0 fully saturated rings. The molecule has 0 bridgehead atoms. The molecule has 1 aromatic heterocycles. The summed E-state index contributed by atoms with van der Waals surface area (Å²) in [4.78, 5) is 5.62. The van der Waals surface area contributed by atoms with E-state index >= 15 is 0 Å². The van der Waals surface area contributed by atoms with Crippen molar-refractivity contribution in [1.29, 1.82) is 0 Å². The van der Waals surface area contributed by atoms with Gasteiger partial charge in [0.05, 0.1) is 0 Å². The zero-order valence-corrected chi connectivity index (χ0v) is 13.8. The summed E-state index contributed by atoms with van der Waals surface area (Å²) in [6, 6.07) is 12.1. The Morgan fingerprint density at radius 1 is 1.24 bits per heavy atom. The first-order valence-corrected chi connectivity index (χ1v) is 8.17. The summed E-state index contributed by atoms with van der Waals surface area (Å²) in [5, 5.41) is 9.51. The zero-order valence-electron chi connectivity index (χ0n) is 12.3. The highest BCUT2D eigenvalue weighted by atomic mass is 35.5. The van der Waals surface area contributed by atoms with Crippen molar-refractivity contribution in [3.8, 4) is 0 Å². The molecular weight excluding hydrogens is 302 g/mol. The molecule has 0 aliphatic heterocycles. The number of nitrogens with zero attached hydrogens (tertiary/aromatic N) is 1.